The number of hydrogen-bond acceptors (Lipinski definition) is 5. The van der Waals surface area contributed by atoms with Crippen molar-refractivity contribution in [2.45, 2.75) is 44.0 Å². The van der Waals surface area contributed by atoms with Gasteiger partial charge in [0, 0.05) is 12.2 Å². The van der Waals surface area contributed by atoms with Crippen molar-refractivity contribution >= 4 is 15.8 Å². The minimum atomic E-state index is -3.51. The average molecular weight is 298 g/mol. The second kappa shape index (κ2) is 6.07. The summed E-state index contributed by atoms with van der Waals surface area (Å²) in [5.41, 5.74) is 2.37. The molecule has 1 fully saturated rings. The highest BCUT2D eigenvalue weighted by Gasteiger charge is 2.28. The Morgan fingerprint density at radius 3 is 2.55 bits per heavy atom. The summed E-state index contributed by atoms with van der Waals surface area (Å²) in [5.74, 6) is 6.84. The summed E-state index contributed by atoms with van der Waals surface area (Å²) in [6, 6.07) is 3.05. The van der Waals surface area contributed by atoms with Crippen LogP contribution in [0.3, 0.4) is 0 Å². The number of anilines is 1. The van der Waals surface area contributed by atoms with Crippen LogP contribution in [0.4, 0.5) is 5.82 Å². The Morgan fingerprint density at radius 2 is 2.00 bits per heavy atom. The molecule has 3 atom stereocenters. The SMILES string of the molecule is CC1CCC(NS(=O)(=O)c2ccc(NN)nc2)CC1C. The fourth-order valence-electron chi connectivity index (χ4n) is 2.57. The van der Waals surface area contributed by atoms with E-state index in [9.17, 15) is 8.42 Å². The molecule has 0 bridgehead atoms. The van der Waals surface area contributed by atoms with E-state index < -0.39 is 10.0 Å². The van der Waals surface area contributed by atoms with Gasteiger partial charge in [0.1, 0.15) is 10.7 Å². The van der Waals surface area contributed by atoms with Crippen LogP contribution in [0.2, 0.25) is 0 Å². The Morgan fingerprint density at radius 1 is 1.25 bits per heavy atom. The molecule has 0 amide bonds. The molecule has 7 heteroatoms. The number of sulfonamides is 1. The number of nitrogen functional groups attached to an aromatic ring is 1. The Balaban J connectivity index is 2.07. The number of nitrogens with one attached hydrogen (secondary N) is 2. The van der Waals surface area contributed by atoms with Crippen molar-refractivity contribution in [2.24, 2.45) is 17.7 Å². The van der Waals surface area contributed by atoms with E-state index in [1.807, 2.05) is 0 Å². The summed E-state index contributed by atoms with van der Waals surface area (Å²) in [5, 5.41) is 0. The van der Waals surface area contributed by atoms with E-state index in [1.165, 1.54) is 12.3 Å². The number of hydrazine groups is 1. The van der Waals surface area contributed by atoms with Crippen LogP contribution in [0.15, 0.2) is 23.2 Å². The third-order valence-corrected chi connectivity index (χ3v) is 5.62. The summed E-state index contributed by atoms with van der Waals surface area (Å²) in [6.07, 6.45) is 4.14. The van der Waals surface area contributed by atoms with E-state index in [0.717, 1.165) is 19.3 Å². The molecule has 0 spiro atoms. The average Bonchev–Trinajstić information content (AvgIpc) is 2.43. The first kappa shape index (κ1) is 15.2. The first-order valence-corrected chi connectivity index (χ1v) is 8.35. The smallest absolute Gasteiger partial charge is 0.242 e. The molecule has 1 aliphatic rings. The van der Waals surface area contributed by atoms with Gasteiger partial charge in [-0.15, -0.1) is 0 Å². The van der Waals surface area contributed by atoms with Crippen LogP contribution in [0.5, 0.6) is 0 Å². The number of rotatable bonds is 4. The molecule has 0 aliphatic heterocycles. The van der Waals surface area contributed by atoms with Gasteiger partial charge in [-0.1, -0.05) is 13.8 Å². The van der Waals surface area contributed by atoms with E-state index in [2.05, 4.69) is 29.0 Å². The van der Waals surface area contributed by atoms with Gasteiger partial charge in [0.25, 0.3) is 0 Å². The molecule has 3 unspecified atom stereocenters. The molecule has 1 saturated carbocycles. The van der Waals surface area contributed by atoms with Crippen molar-refractivity contribution in [3.8, 4) is 0 Å². The number of hydrogen-bond donors (Lipinski definition) is 3. The van der Waals surface area contributed by atoms with Crippen LogP contribution in [0.25, 0.3) is 0 Å². The van der Waals surface area contributed by atoms with Gasteiger partial charge in [0.05, 0.1) is 0 Å². The maximum atomic E-state index is 12.3. The molecule has 0 radical (unpaired) electrons. The Labute approximate surface area is 120 Å². The fraction of sp³-hybridized carbons (Fsp3) is 0.615. The Bertz CT molecular complexity index is 544. The Kier molecular flexibility index (Phi) is 4.62. The molecule has 2 rings (SSSR count). The fourth-order valence-corrected chi connectivity index (χ4v) is 3.79. The topological polar surface area (TPSA) is 97.1 Å². The minimum Gasteiger partial charge on any atom is -0.308 e. The van der Waals surface area contributed by atoms with Gasteiger partial charge >= 0.3 is 0 Å². The van der Waals surface area contributed by atoms with Gasteiger partial charge in [0.2, 0.25) is 10.0 Å². The zero-order valence-electron chi connectivity index (χ0n) is 11.8. The second-order valence-electron chi connectivity index (χ2n) is 5.61. The maximum Gasteiger partial charge on any atom is 0.242 e. The third kappa shape index (κ3) is 3.47. The van der Waals surface area contributed by atoms with Gasteiger partial charge in [0.15, 0.2) is 0 Å². The molecule has 1 aliphatic carbocycles. The number of pyridine rings is 1. The predicted octanol–water partition coefficient (Wildman–Crippen LogP) is 1.47. The summed E-state index contributed by atoms with van der Waals surface area (Å²) >= 11 is 0. The highest BCUT2D eigenvalue weighted by molar-refractivity contribution is 7.89. The molecule has 0 saturated heterocycles. The van der Waals surface area contributed by atoms with Crippen molar-refractivity contribution in [3.05, 3.63) is 18.3 Å². The van der Waals surface area contributed by atoms with Gasteiger partial charge in [-0.05, 0) is 43.2 Å². The van der Waals surface area contributed by atoms with Crippen LogP contribution < -0.4 is 16.0 Å². The third-order valence-electron chi connectivity index (χ3n) is 4.11. The summed E-state index contributed by atoms with van der Waals surface area (Å²) in [6.45, 7) is 4.40. The molecule has 1 heterocycles. The van der Waals surface area contributed by atoms with Gasteiger partial charge in [-0.3, -0.25) is 0 Å². The molecule has 112 valence electrons. The molecule has 6 nitrogen and oxygen atoms in total. The lowest BCUT2D eigenvalue weighted by Crippen LogP contribution is -2.39. The van der Waals surface area contributed by atoms with Gasteiger partial charge in [-0.2, -0.15) is 0 Å². The highest BCUT2D eigenvalue weighted by Crippen LogP contribution is 2.30. The lowest BCUT2D eigenvalue weighted by atomic mass is 9.79. The van der Waals surface area contributed by atoms with E-state index in [0.29, 0.717) is 17.7 Å². The molecule has 20 heavy (non-hydrogen) atoms. The molecule has 1 aromatic rings. The largest absolute Gasteiger partial charge is 0.308 e. The van der Waals surface area contributed by atoms with E-state index in [-0.39, 0.29) is 10.9 Å². The minimum absolute atomic E-state index is 0.0125. The predicted molar refractivity (Wildman–Crippen MR) is 78.3 cm³/mol. The summed E-state index contributed by atoms with van der Waals surface area (Å²) in [4.78, 5) is 4.10. The molecular weight excluding hydrogens is 276 g/mol. The standard InChI is InChI=1S/C13H22N4O2S/c1-9-3-4-11(7-10(9)2)17-20(18,19)12-5-6-13(16-14)15-8-12/h5-6,8-11,17H,3-4,7,14H2,1-2H3,(H,15,16). The highest BCUT2D eigenvalue weighted by atomic mass is 32.2. The van der Waals surface area contributed by atoms with Crippen LogP contribution in [-0.2, 0) is 10.0 Å². The second-order valence-corrected chi connectivity index (χ2v) is 7.32. The van der Waals surface area contributed by atoms with Crippen molar-refractivity contribution in [2.75, 3.05) is 5.43 Å². The van der Waals surface area contributed by atoms with Crippen LogP contribution in [-0.4, -0.2) is 19.4 Å². The van der Waals surface area contributed by atoms with Gasteiger partial charge < -0.3 is 5.43 Å². The van der Waals surface area contributed by atoms with Crippen LogP contribution >= 0.6 is 0 Å². The Hall–Kier alpha value is -1.18. The number of aromatic nitrogens is 1. The molecule has 4 N–H and O–H groups in total. The zero-order valence-corrected chi connectivity index (χ0v) is 12.7. The lowest BCUT2D eigenvalue weighted by molar-refractivity contribution is 0.242. The summed E-state index contributed by atoms with van der Waals surface area (Å²) in [7, 11) is -3.51. The zero-order chi connectivity index (χ0) is 14.8. The maximum absolute atomic E-state index is 12.3. The van der Waals surface area contributed by atoms with E-state index in [1.54, 1.807) is 6.07 Å². The van der Waals surface area contributed by atoms with Crippen molar-refractivity contribution in [3.63, 3.8) is 0 Å². The van der Waals surface area contributed by atoms with Crippen molar-refractivity contribution in [1.82, 2.24) is 9.71 Å². The first-order chi connectivity index (χ1) is 9.42. The number of nitrogens with zero attached hydrogens (tertiary/aromatic N) is 1. The van der Waals surface area contributed by atoms with E-state index in [4.69, 9.17) is 5.84 Å². The monoisotopic (exact) mass is 298 g/mol. The van der Waals surface area contributed by atoms with Crippen LogP contribution in [0.1, 0.15) is 33.1 Å². The quantitative estimate of drug-likeness (QED) is 0.578. The number of nitrogens with two attached hydrogens (primary N) is 1. The molecular formula is C13H22N4O2S. The first-order valence-electron chi connectivity index (χ1n) is 6.87. The van der Waals surface area contributed by atoms with E-state index >= 15 is 0 Å². The van der Waals surface area contributed by atoms with Crippen LogP contribution in [0, 0.1) is 11.8 Å². The van der Waals surface area contributed by atoms with Crippen molar-refractivity contribution in [1.29, 1.82) is 0 Å². The summed E-state index contributed by atoms with van der Waals surface area (Å²) < 4.78 is 27.4. The normalized spacial score (nSPS) is 27.2. The van der Waals surface area contributed by atoms with Crippen molar-refractivity contribution < 1.29 is 8.42 Å². The van der Waals surface area contributed by atoms with Gasteiger partial charge in [-0.25, -0.2) is 24.0 Å². The molecule has 1 aromatic heterocycles. The molecule has 0 aromatic carbocycles. The lowest BCUT2D eigenvalue weighted by Gasteiger charge is -2.32.